The number of anilines is 1. The second kappa shape index (κ2) is 9.14. The van der Waals surface area contributed by atoms with E-state index in [9.17, 15) is 9.18 Å². The summed E-state index contributed by atoms with van der Waals surface area (Å²) in [6, 6.07) is 12.6. The molecule has 0 aromatic heterocycles. The van der Waals surface area contributed by atoms with Crippen LogP contribution in [0.2, 0.25) is 0 Å². The van der Waals surface area contributed by atoms with Crippen molar-refractivity contribution in [2.75, 3.05) is 25.6 Å². The quantitative estimate of drug-likeness (QED) is 0.625. The Morgan fingerprint density at radius 1 is 1.22 bits per heavy atom. The summed E-state index contributed by atoms with van der Waals surface area (Å²) in [6.07, 6.45) is 2.02. The summed E-state index contributed by atoms with van der Waals surface area (Å²) in [4.78, 5) is 16.9. The summed E-state index contributed by atoms with van der Waals surface area (Å²) >= 11 is 0. The van der Waals surface area contributed by atoms with Crippen molar-refractivity contribution in [2.24, 2.45) is 4.99 Å². The van der Waals surface area contributed by atoms with Gasteiger partial charge in [0.05, 0.1) is 19.8 Å². The van der Waals surface area contributed by atoms with E-state index < -0.39 is 5.82 Å². The van der Waals surface area contributed by atoms with Gasteiger partial charge in [-0.05, 0) is 61.4 Å². The lowest BCUT2D eigenvalue weighted by Gasteiger charge is -2.13. The van der Waals surface area contributed by atoms with Crippen LogP contribution in [0.3, 0.4) is 0 Å². The summed E-state index contributed by atoms with van der Waals surface area (Å²) in [5.41, 5.74) is 1.10. The van der Waals surface area contributed by atoms with Crippen molar-refractivity contribution < 1.29 is 18.7 Å². The molecule has 2 N–H and O–H groups in total. The first-order valence-corrected chi connectivity index (χ1v) is 8.78. The highest BCUT2D eigenvalue weighted by Gasteiger charge is 2.16. The zero-order valence-corrected chi connectivity index (χ0v) is 15.1. The molecule has 1 aliphatic rings. The number of guanidine groups is 1. The molecule has 1 heterocycles. The summed E-state index contributed by atoms with van der Waals surface area (Å²) in [5, 5.41) is 5.84. The molecule has 1 amide bonds. The van der Waals surface area contributed by atoms with Crippen LogP contribution in [-0.2, 0) is 4.74 Å². The van der Waals surface area contributed by atoms with Gasteiger partial charge in [0.25, 0.3) is 5.91 Å². The fraction of sp³-hybridized carbons (Fsp3) is 0.300. The highest BCUT2D eigenvalue weighted by Crippen LogP contribution is 2.16. The van der Waals surface area contributed by atoms with Crippen LogP contribution in [0.5, 0.6) is 5.75 Å². The molecule has 1 aliphatic heterocycles. The minimum Gasteiger partial charge on any atom is -0.497 e. The van der Waals surface area contributed by atoms with E-state index in [1.165, 1.54) is 24.3 Å². The van der Waals surface area contributed by atoms with Gasteiger partial charge in [-0.2, -0.15) is 0 Å². The van der Waals surface area contributed by atoms with E-state index in [0.29, 0.717) is 18.1 Å². The lowest BCUT2D eigenvalue weighted by Crippen LogP contribution is -2.36. The summed E-state index contributed by atoms with van der Waals surface area (Å²) < 4.78 is 23.8. The number of hydrogen-bond acceptors (Lipinski definition) is 4. The third-order valence-corrected chi connectivity index (χ3v) is 4.17. The topological polar surface area (TPSA) is 71.9 Å². The fourth-order valence-corrected chi connectivity index (χ4v) is 2.68. The van der Waals surface area contributed by atoms with Crippen molar-refractivity contribution in [3.63, 3.8) is 0 Å². The average Bonchev–Trinajstić information content (AvgIpc) is 3.21. The average molecular weight is 371 g/mol. The minimum absolute atomic E-state index is 0.0559. The number of rotatable bonds is 5. The van der Waals surface area contributed by atoms with Crippen LogP contribution >= 0.6 is 0 Å². The van der Waals surface area contributed by atoms with E-state index >= 15 is 0 Å². The minimum atomic E-state index is -0.393. The highest BCUT2D eigenvalue weighted by molar-refractivity contribution is 6.09. The molecule has 1 fully saturated rings. The van der Waals surface area contributed by atoms with Crippen LogP contribution in [-0.4, -0.2) is 38.2 Å². The number of nitrogens with zero attached hydrogens (tertiary/aromatic N) is 1. The number of nitrogens with one attached hydrogen (secondary N) is 2. The van der Waals surface area contributed by atoms with Gasteiger partial charge in [-0.15, -0.1) is 0 Å². The number of amides is 1. The first-order valence-electron chi connectivity index (χ1n) is 8.78. The number of halogens is 1. The van der Waals surface area contributed by atoms with E-state index in [-0.39, 0.29) is 12.0 Å². The first kappa shape index (κ1) is 18.8. The van der Waals surface area contributed by atoms with Gasteiger partial charge in [-0.3, -0.25) is 10.1 Å². The lowest BCUT2D eigenvalue weighted by molar-refractivity contribution is 0.0975. The Kier molecular flexibility index (Phi) is 6.38. The molecule has 7 heteroatoms. The van der Waals surface area contributed by atoms with Crippen LogP contribution in [0, 0.1) is 5.82 Å². The number of ether oxygens (including phenoxy) is 2. The van der Waals surface area contributed by atoms with Gasteiger partial charge in [0.2, 0.25) is 5.96 Å². The van der Waals surface area contributed by atoms with Crippen molar-refractivity contribution in [3.8, 4) is 5.75 Å². The first-order chi connectivity index (χ1) is 13.1. The van der Waals surface area contributed by atoms with E-state index in [4.69, 9.17) is 9.47 Å². The van der Waals surface area contributed by atoms with Gasteiger partial charge >= 0.3 is 0 Å². The molecular formula is C20H22FN3O3. The number of aliphatic imine (C=N–C) groups is 1. The molecule has 0 saturated carbocycles. The van der Waals surface area contributed by atoms with E-state index in [1.807, 2.05) is 24.3 Å². The molecular weight excluding hydrogens is 349 g/mol. The molecule has 3 rings (SSSR count). The van der Waals surface area contributed by atoms with Gasteiger partial charge in [0.1, 0.15) is 11.6 Å². The molecule has 0 bridgehead atoms. The second-order valence-corrected chi connectivity index (χ2v) is 6.14. The van der Waals surface area contributed by atoms with Gasteiger partial charge in [-0.25, -0.2) is 9.38 Å². The number of carbonyl (C=O) groups excluding carboxylic acids is 1. The maximum atomic E-state index is 13.1. The van der Waals surface area contributed by atoms with Gasteiger partial charge < -0.3 is 14.8 Å². The van der Waals surface area contributed by atoms with Crippen LogP contribution in [0.25, 0.3) is 0 Å². The fourth-order valence-electron chi connectivity index (χ4n) is 2.68. The van der Waals surface area contributed by atoms with Crippen molar-refractivity contribution in [1.82, 2.24) is 5.32 Å². The Morgan fingerprint density at radius 2 is 1.96 bits per heavy atom. The van der Waals surface area contributed by atoms with Gasteiger partial charge in [0.15, 0.2) is 0 Å². The monoisotopic (exact) mass is 371 g/mol. The Morgan fingerprint density at radius 3 is 2.59 bits per heavy atom. The number of hydrogen-bond donors (Lipinski definition) is 2. The van der Waals surface area contributed by atoms with Gasteiger partial charge in [0, 0.05) is 17.9 Å². The van der Waals surface area contributed by atoms with E-state index in [2.05, 4.69) is 15.6 Å². The molecule has 0 spiro atoms. The largest absolute Gasteiger partial charge is 0.497 e. The van der Waals surface area contributed by atoms with Crippen LogP contribution in [0.1, 0.15) is 23.2 Å². The summed E-state index contributed by atoms with van der Waals surface area (Å²) in [5.74, 6) is 0.274. The third-order valence-electron chi connectivity index (χ3n) is 4.17. The summed E-state index contributed by atoms with van der Waals surface area (Å²) in [7, 11) is 1.60. The Balaban J connectivity index is 1.72. The predicted molar refractivity (Wildman–Crippen MR) is 102 cm³/mol. The van der Waals surface area contributed by atoms with Crippen molar-refractivity contribution in [3.05, 3.63) is 59.9 Å². The predicted octanol–water partition coefficient (Wildman–Crippen LogP) is 3.21. The molecule has 0 aliphatic carbocycles. The second-order valence-electron chi connectivity index (χ2n) is 6.14. The van der Waals surface area contributed by atoms with Crippen molar-refractivity contribution >= 4 is 17.6 Å². The Bertz CT molecular complexity index is 785. The molecule has 2 aromatic carbocycles. The van der Waals surface area contributed by atoms with Crippen LogP contribution in [0.4, 0.5) is 10.1 Å². The van der Waals surface area contributed by atoms with E-state index in [0.717, 1.165) is 30.9 Å². The SMILES string of the molecule is COc1ccc(NC(=NC[C@@H]2CCCO2)NC(=O)c2ccc(F)cc2)cc1. The molecule has 1 atom stereocenters. The smallest absolute Gasteiger partial charge is 0.257 e. The third kappa shape index (κ3) is 5.52. The molecule has 0 unspecified atom stereocenters. The molecule has 6 nitrogen and oxygen atoms in total. The number of benzene rings is 2. The number of methoxy groups -OCH3 is 1. The van der Waals surface area contributed by atoms with Crippen molar-refractivity contribution in [1.29, 1.82) is 0 Å². The van der Waals surface area contributed by atoms with Crippen LogP contribution < -0.4 is 15.4 Å². The molecule has 27 heavy (non-hydrogen) atoms. The summed E-state index contributed by atoms with van der Waals surface area (Å²) in [6.45, 7) is 1.19. The molecule has 142 valence electrons. The lowest BCUT2D eigenvalue weighted by atomic mass is 10.2. The number of carbonyl (C=O) groups is 1. The zero-order chi connectivity index (χ0) is 19.1. The van der Waals surface area contributed by atoms with E-state index in [1.54, 1.807) is 7.11 Å². The molecule has 0 radical (unpaired) electrons. The highest BCUT2D eigenvalue weighted by atomic mass is 19.1. The standard InChI is InChI=1S/C20H22FN3O3/c1-26-17-10-8-16(9-11-17)23-20(22-13-18-3-2-12-27-18)24-19(25)14-4-6-15(21)7-5-14/h4-11,18H,2-3,12-13H2,1H3,(H2,22,23,24,25)/t18-/m0/s1. The Labute approximate surface area is 157 Å². The normalized spacial score (nSPS) is 16.8. The van der Waals surface area contributed by atoms with Crippen molar-refractivity contribution in [2.45, 2.75) is 18.9 Å². The van der Waals surface area contributed by atoms with Gasteiger partial charge in [-0.1, -0.05) is 0 Å². The zero-order valence-electron chi connectivity index (χ0n) is 15.1. The Hall–Kier alpha value is -2.93. The molecule has 1 saturated heterocycles. The maximum Gasteiger partial charge on any atom is 0.257 e. The van der Waals surface area contributed by atoms with Crippen LogP contribution in [0.15, 0.2) is 53.5 Å². The maximum absolute atomic E-state index is 13.1. The molecule has 2 aromatic rings.